The lowest BCUT2D eigenvalue weighted by Crippen LogP contribution is -2.50. The van der Waals surface area contributed by atoms with Gasteiger partial charge in [0.1, 0.15) is 28.7 Å². The Labute approximate surface area is 194 Å². The van der Waals surface area contributed by atoms with Crippen LogP contribution in [0.5, 0.6) is 11.5 Å². The zero-order valence-electron chi connectivity index (χ0n) is 19.6. The maximum absolute atomic E-state index is 11.9. The van der Waals surface area contributed by atoms with Gasteiger partial charge in [-0.05, 0) is 45.0 Å². The van der Waals surface area contributed by atoms with Crippen molar-refractivity contribution < 1.29 is 19.7 Å². The molecule has 0 unspecified atom stereocenters. The van der Waals surface area contributed by atoms with Crippen molar-refractivity contribution in [1.29, 1.82) is 0 Å². The number of aromatic nitrogens is 2. The predicted molar refractivity (Wildman–Crippen MR) is 127 cm³/mol. The van der Waals surface area contributed by atoms with E-state index in [9.17, 15) is 9.90 Å². The minimum Gasteiger partial charge on any atom is -0.506 e. The Hall–Kier alpha value is -3.27. The lowest BCUT2D eigenvalue weighted by Gasteiger charge is -2.36. The molecule has 0 aliphatic carbocycles. The first-order chi connectivity index (χ1) is 15.7. The molecule has 0 aromatic carbocycles. The van der Waals surface area contributed by atoms with E-state index in [0.717, 1.165) is 37.8 Å². The van der Waals surface area contributed by atoms with E-state index in [1.54, 1.807) is 23.1 Å². The number of ether oxygens (including phenoxy) is 1. The van der Waals surface area contributed by atoms with Gasteiger partial charge in [-0.25, -0.2) is 14.8 Å². The second-order valence-corrected chi connectivity index (χ2v) is 8.94. The van der Waals surface area contributed by atoms with E-state index in [-0.39, 0.29) is 17.6 Å². The van der Waals surface area contributed by atoms with Gasteiger partial charge in [-0.3, -0.25) is 0 Å². The molecule has 2 aliphatic heterocycles. The molecule has 1 amide bonds. The van der Waals surface area contributed by atoms with Crippen molar-refractivity contribution in [2.75, 3.05) is 62.2 Å². The topological polar surface area (TPSA) is 114 Å². The number of carbonyl (C=O) groups is 1. The van der Waals surface area contributed by atoms with Crippen LogP contribution in [-0.4, -0.2) is 89.1 Å². The monoisotopic (exact) mass is 458 g/mol. The highest BCUT2D eigenvalue weighted by Gasteiger charge is 2.26. The van der Waals surface area contributed by atoms with Gasteiger partial charge in [-0.2, -0.15) is 0 Å². The summed E-state index contributed by atoms with van der Waals surface area (Å²) in [7, 11) is 0. The van der Waals surface area contributed by atoms with Crippen LogP contribution in [0.2, 0.25) is 0 Å². The quantitative estimate of drug-likeness (QED) is 0.622. The molecular weight excluding hydrogens is 424 g/mol. The highest BCUT2D eigenvalue weighted by atomic mass is 16.6. The lowest BCUT2D eigenvalue weighted by molar-refractivity contribution is 0.0240. The Balaban J connectivity index is 0.000000203. The molecule has 0 spiro atoms. The number of nitrogens with zero attached hydrogens (tertiary/aromatic N) is 5. The van der Waals surface area contributed by atoms with Gasteiger partial charge in [0, 0.05) is 52.4 Å². The fraction of sp³-hybridized carbons (Fsp3) is 0.522. The van der Waals surface area contributed by atoms with E-state index in [1.807, 2.05) is 26.8 Å². The number of amides is 1. The number of piperazine rings is 2. The standard InChI is InChI=1S/C14H21N3O3.C9H13N3O/c1-14(2,3)20-13(19)17-8-6-16(7-9-17)12-5-4-11(18)10-15-12;13-8-1-2-9(11-7-8)12-5-3-10-4-6-12/h4-5,10,18H,6-9H2,1-3H3;1-2,7,10,13H,3-6H2. The van der Waals surface area contributed by atoms with Gasteiger partial charge in [0.2, 0.25) is 0 Å². The van der Waals surface area contributed by atoms with Crippen molar-refractivity contribution in [2.45, 2.75) is 26.4 Å². The second kappa shape index (κ2) is 11.0. The normalized spacial score (nSPS) is 16.6. The van der Waals surface area contributed by atoms with Crippen LogP contribution in [0, 0.1) is 0 Å². The summed E-state index contributed by atoms with van der Waals surface area (Å²) < 4.78 is 5.35. The van der Waals surface area contributed by atoms with Crippen LogP contribution in [-0.2, 0) is 4.74 Å². The van der Waals surface area contributed by atoms with Crippen molar-refractivity contribution in [1.82, 2.24) is 20.2 Å². The Morgan fingerprint density at radius 3 is 1.76 bits per heavy atom. The van der Waals surface area contributed by atoms with Crippen LogP contribution in [0.25, 0.3) is 0 Å². The number of hydrogen-bond donors (Lipinski definition) is 3. The van der Waals surface area contributed by atoms with E-state index in [2.05, 4.69) is 25.1 Å². The van der Waals surface area contributed by atoms with Crippen LogP contribution in [0.4, 0.5) is 16.4 Å². The molecule has 0 atom stereocenters. The number of hydrogen-bond acceptors (Lipinski definition) is 9. The van der Waals surface area contributed by atoms with Crippen molar-refractivity contribution in [3.63, 3.8) is 0 Å². The summed E-state index contributed by atoms with van der Waals surface area (Å²) in [5.41, 5.74) is -0.466. The van der Waals surface area contributed by atoms with Gasteiger partial charge in [0.15, 0.2) is 0 Å². The van der Waals surface area contributed by atoms with E-state index in [1.165, 1.54) is 12.4 Å². The molecule has 2 aromatic heterocycles. The molecule has 0 radical (unpaired) electrons. The van der Waals surface area contributed by atoms with Crippen LogP contribution in [0.3, 0.4) is 0 Å². The molecule has 10 heteroatoms. The third kappa shape index (κ3) is 7.67. The average molecular weight is 459 g/mol. The Bertz CT molecular complexity index is 871. The zero-order valence-corrected chi connectivity index (χ0v) is 19.6. The fourth-order valence-electron chi connectivity index (χ4n) is 3.47. The summed E-state index contributed by atoms with van der Waals surface area (Å²) in [4.78, 5) is 26.3. The Morgan fingerprint density at radius 1 is 0.848 bits per heavy atom. The highest BCUT2D eigenvalue weighted by molar-refractivity contribution is 5.68. The summed E-state index contributed by atoms with van der Waals surface area (Å²) in [6.07, 6.45) is 2.64. The van der Waals surface area contributed by atoms with Crippen LogP contribution >= 0.6 is 0 Å². The van der Waals surface area contributed by atoms with Gasteiger partial charge in [0.05, 0.1) is 12.4 Å². The number of pyridine rings is 2. The smallest absolute Gasteiger partial charge is 0.410 e. The average Bonchev–Trinajstić information content (AvgIpc) is 2.80. The molecule has 2 aromatic rings. The van der Waals surface area contributed by atoms with Crippen LogP contribution in [0.1, 0.15) is 20.8 Å². The summed E-state index contributed by atoms with van der Waals surface area (Å²) >= 11 is 0. The number of nitrogens with one attached hydrogen (secondary N) is 1. The van der Waals surface area contributed by atoms with E-state index >= 15 is 0 Å². The van der Waals surface area contributed by atoms with Crippen molar-refractivity contribution in [2.24, 2.45) is 0 Å². The van der Waals surface area contributed by atoms with Crippen LogP contribution in [0.15, 0.2) is 36.7 Å². The van der Waals surface area contributed by atoms with Crippen LogP contribution < -0.4 is 15.1 Å². The van der Waals surface area contributed by atoms with Gasteiger partial charge in [0.25, 0.3) is 0 Å². The summed E-state index contributed by atoms with van der Waals surface area (Å²) in [5.74, 6) is 2.13. The van der Waals surface area contributed by atoms with Gasteiger partial charge >= 0.3 is 6.09 Å². The first-order valence-corrected chi connectivity index (χ1v) is 11.2. The fourth-order valence-corrected chi connectivity index (χ4v) is 3.47. The van der Waals surface area contributed by atoms with Crippen molar-refractivity contribution in [3.05, 3.63) is 36.7 Å². The second-order valence-electron chi connectivity index (χ2n) is 8.94. The lowest BCUT2D eigenvalue weighted by atomic mass is 10.2. The largest absolute Gasteiger partial charge is 0.506 e. The Morgan fingerprint density at radius 2 is 1.33 bits per heavy atom. The van der Waals surface area contributed by atoms with Crippen molar-refractivity contribution in [3.8, 4) is 11.5 Å². The molecule has 3 N–H and O–H groups in total. The number of aromatic hydroxyl groups is 2. The van der Waals surface area contributed by atoms with Crippen molar-refractivity contribution >= 4 is 17.7 Å². The first kappa shape index (κ1) is 24.4. The minimum atomic E-state index is -0.466. The highest BCUT2D eigenvalue weighted by Crippen LogP contribution is 2.18. The predicted octanol–water partition coefficient (Wildman–Crippen LogP) is 2.04. The molecule has 10 nitrogen and oxygen atoms in total. The summed E-state index contributed by atoms with van der Waals surface area (Å²) in [6.45, 7) is 12.2. The molecule has 2 saturated heterocycles. The zero-order chi connectivity index (χ0) is 23.8. The molecule has 2 fully saturated rings. The molecular formula is C23H34N6O4. The van der Waals surface area contributed by atoms with E-state index in [4.69, 9.17) is 9.84 Å². The van der Waals surface area contributed by atoms with E-state index in [0.29, 0.717) is 26.2 Å². The van der Waals surface area contributed by atoms with Gasteiger partial charge in [-0.1, -0.05) is 0 Å². The SMILES string of the molecule is CC(C)(C)OC(=O)N1CCN(c2ccc(O)cn2)CC1.Oc1ccc(N2CCNCC2)nc1. The number of rotatable bonds is 2. The third-order valence-corrected chi connectivity index (χ3v) is 5.16. The maximum Gasteiger partial charge on any atom is 0.410 e. The molecule has 33 heavy (non-hydrogen) atoms. The Kier molecular flexibility index (Phi) is 8.16. The van der Waals surface area contributed by atoms with Gasteiger partial charge in [-0.15, -0.1) is 0 Å². The molecule has 0 saturated carbocycles. The van der Waals surface area contributed by atoms with Gasteiger partial charge < -0.3 is 35.0 Å². The molecule has 180 valence electrons. The molecule has 0 bridgehead atoms. The maximum atomic E-state index is 11.9. The van der Waals surface area contributed by atoms with E-state index < -0.39 is 5.60 Å². The summed E-state index contributed by atoms with van der Waals surface area (Å²) in [6, 6.07) is 6.91. The molecule has 4 heterocycles. The molecule has 4 rings (SSSR count). The third-order valence-electron chi connectivity index (χ3n) is 5.16. The number of carbonyl (C=O) groups excluding carboxylic acids is 1. The summed E-state index contributed by atoms with van der Waals surface area (Å²) in [5, 5.41) is 21.6. The molecule has 2 aliphatic rings. The minimum absolute atomic E-state index is 0.154. The number of anilines is 2. The first-order valence-electron chi connectivity index (χ1n) is 11.2.